The molecule has 1 amide bonds. The van der Waals surface area contributed by atoms with Gasteiger partial charge in [-0.1, -0.05) is 0 Å². The van der Waals surface area contributed by atoms with Crippen LogP contribution in [0.2, 0.25) is 0 Å². The number of hydrogen-bond acceptors (Lipinski definition) is 7. The van der Waals surface area contributed by atoms with Crippen LogP contribution in [0, 0.1) is 23.0 Å². The molecule has 0 radical (unpaired) electrons. The molecule has 1 saturated carbocycles. The van der Waals surface area contributed by atoms with Crippen molar-refractivity contribution in [3.8, 4) is 34.6 Å². The zero-order valence-corrected chi connectivity index (χ0v) is 23.7. The highest BCUT2D eigenvalue weighted by Gasteiger charge is 2.47. The fraction of sp³-hybridized carbons (Fsp3) is 0.267. The number of aromatic nitrogens is 3. The third kappa shape index (κ3) is 5.49. The molecule has 5 rings (SSSR count). The van der Waals surface area contributed by atoms with E-state index in [1.165, 1.54) is 32.4 Å². The van der Waals surface area contributed by atoms with Crippen molar-refractivity contribution in [1.29, 1.82) is 5.26 Å². The van der Waals surface area contributed by atoms with E-state index >= 15 is 8.78 Å². The summed E-state index contributed by atoms with van der Waals surface area (Å²) in [5.41, 5.74) is -2.86. The van der Waals surface area contributed by atoms with Crippen LogP contribution in [0.1, 0.15) is 41.4 Å². The maximum atomic E-state index is 15.4. The lowest BCUT2D eigenvalue weighted by atomic mass is 10.1. The van der Waals surface area contributed by atoms with Gasteiger partial charge in [0.15, 0.2) is 5.82 Å². The minimum absolute atomic E-state index is 0.0292. The topological polar surface area (TPSA) is 120 Å². The van der Waals surface area contributed by atoms with Crippen LogP contribution < -0.4 is 20.3 Å². The predicted octanol–water partition coefficient (Wildman–Crippen LogP) is 5.28. The molecule has 0 aliphatic heterocycles. The van der Waals surface area contributed by atoms with Crippen molar-refractivity contribution in [2.24, 2.45) is 7.05 Å². The van der Waals surface area contributed by atoms with Gasteiger partial charge in [0.25, 0.3) is 11.5 Å². The van der Waals surface area contributed by atoms with Crippen LogP contribution in [-0.4, -0.2) is 40.6 Å². The smallest absolute Gasteiger partial charge is 0.387 e. The molecule has 4 aromatic rings. The van der Waals surface area contributed by atoms with E-state index in [1.807, 2.05) is 13.0 Å². The van der Waals surface area contributed by atoms with Gasteiger partial charge in [0.1, 0.15) is 46.2 Å². The number of hydrogen-bond donors (Lipinski definition) is 1. The second kappa shape index (κ2) is 11.8. The lowest BCUT2D eigenvalue weighted by Gasteiger charge is -2.17. The second-order valence-corrected chi connectivity index (χ2v) is 9.79. The molecule has 2 aromatic carbocycles. The molecule has 0 unspecified atom stereocenters. The minimum Gasteiger partial charge on any atom is -0.497 e. The molecule has 10 nitrogen and oxygen atoms in total. The molecule has 228 valence electrons. The van der Waals surface area contributed by atoms with E-state index in [0.717, 1.165) is 33.6 Å². The third-order valence-corrected chi connectivity index (χ3v) is 7.12. The van der Waals surface area contributed by atoms with E-state index in [1.54, 1.807) is 6.07 Å². The first-order valence-corrected chi connectivity index (χ1v) is 13.3. The van der Waals surface area contributed by atoms with Crippen molar-refractivity contribution in [3.05, 3.63) is 87.3 Å². The van der Waals surface area contributed by atoms with Gasteiger partial charge in [-0.25, -0.2) is 13.8 Å². The molecule has 0 atom stereocenters. The van der Waals surface area contributed by atoms with Crippen molar-refractivity contribution in [1.82, 2.24) is 14.3 Å². The first-order valence-electron chi connectivity index (χ1n) is 13.3. The summed E-state index contributed by atoms with van der Waals surface area (Å²) in [6.45, 7) is -0.861. The van der Waals surface area contributed by atoms with Gasteiger partial charge in [-0.05, 0) is 56.2 Å². The number of ether oxygens (including phenoxy) is 3. The van der Waals surface area contributed by atoms with Crippen LogP contribution in [0.3, 0.4) is 0 Å². The SMILES string of the molecule is CCOC1(c2ccc(C#N)c(-n3c(=O)c(NC(=O)c4ccc(OC(F)F)cc4)c(-c4c(F)cc(OC)cc4F)n3C)n2)CC1. The van der Waals surface area contributed by atoms with Crippen LogP contribution in [0.5, 0.6) is 11.5 Å². The Bertz CT molecular complexity index is 1820. The average Bonchev–Trinajstić information content (AvgIpc) is 3.74. The van der Waals surface area contributed by atoms with E-state index in [0.29, 0.717) is 25.1 Å². The molecule has 1 N–H and O–H groups in total. The van der Waals surface area contributed by atoms with Crippen LogP contribution in [0.4, 0.5) is 23.2 Å². The first kappa shape index (κ1) is 30.3. The summed E-state index contributed by atoms with van der Waals surface area (Å²) in [7, 11) is 2.54. The molecule has 2 aromatic heterocycles. The first-order chi connectivity index (χ1) is 21.0. The molecule has 1 aliphatic carbocycles. The lowest BCUT2D eigenvalue weighted by molar-refractivity contribution is -0.0498. The largest absolute Gasteiger partial charge is 0.497 e. The number of carbonyl (C=O) groups excluding carboxylic acids is 1. The van der Waals surface area contributed by atoms with Gasteiger partial charge in [-0.3, -0.25) is 14.3 Å². The predicted molar refractivity (Wildman–Crippen MR) is 149 cm³/mol. The van der Waals surface area contributed by atoms with Gasteiger partial charge in [-0.2, -0.15) is 18.7 Å². The molecule has 1 fully saturated rings. The molecule has 0 bridgehead atoms. The van der Waals surface area contributed by atoms with Gasteiger partial charge in [0.05, 0.1) is 23.9 Å². The summed E-state index contributed by atoms with van der Waals surface area (Å²) in [6.07, 6.45) is 1.33. The fourth-order valence-electron chi connectivity index (χ4n) is 4.93. The number of amides is 1. The maximum Gasteiger partial charge on any atom is 0.387 e. The van der Waals surface area contributed by atoms with Crippen molar-refractivity contribution in [3.63, 3.8) is 0 Å². The number of pyridine rings is 1. The van der Waals surface area contributed by atoms with E-state index in [9.17, 15) is 23.6 Å². The number of nitrogens with one attached hydrogen (secondary N) is 1. The maximum absolute atomic E-state index is 15.4. The number of alkyl halides is 2. The Labute approximate surface area is 248 Å². The van der Waals surface area contributed by atoms with Gasteiger partial charge >= 0.3 is 6.61 Å². The molecule has 1 aliphatic rings. The normalized spacial score (nSPS) is 13.4. The highest BCUT2D eigenvalue weighted by molar-refractivity contribution is 6.06. The third-order valence-electron chi connectivity index (χ3n) is 7.12. The molecular formula is C30H25F4N5O5. The molecular weight excluding hydrogens is 586 g/mol. The van der Waals surface area contributed by atoms with E-state index in [4.69, 9.17) is 9.47 Å². The van der Waals surface area contributed by atoms with Gasteiger partial charge in [-0.15, -0.1) is 0 Å². The number of carbonyl (C=O) groups is 1. The standard InChI is InChI=1S/C30H25F4N5O5/c1-4-43-30(11-12-30)22-10-7-17(15-35)26(36-22)39-28(41)24(37-27(40)16-5-8-18(9-6-16)44-29(33)34)25(38(39)2)23-20(31)13-19(42-3)14-21(23)32/h5-10,13-14,29H,4,11-12H2,1-3H3,(H,37,40). The summed E-state index contributed by atoms with van der Waals surface area (Å²) in [6, 6.07) is 11.5. The second-order valence-electron chi connectivity index (χ2n) is 9.79. The summed E-state index contributed by atoms with van der Waals surface area (Å²) in [4.78, 5) is 31.8. The molecule has 2 heterocycles. The van der Waals surface area contributed by atoms with Crippen LogP contribution in [0.25, 0.3) is 17.1 Å². The Morgan fingerprint density at radius 1 is 1.11 bits per heavy atom. The Morgan fingerprint density at radius 2 is 1.77 bits per heavy atom. The Balaban J connectivity index is 1.70. The molecule has 44 heavy (non-hydrogen) atoms. The Kier molecular flexibility index (Phi) is 8.16. The summed E-state index contributed by atoms with van der Waals surface area (Å²) >= 11 is 0. The minimum atomic E-state index is -3.08. The number of nitrogens with zero attached hydrogens (tertiary/aromatic N) is 4. The monoisotopic (exact) mass is 611 g/mol. The molecule has 14 heteroatoms. The van der Waals surface area contributed by atoms with Gasteiger partial charge in [0, 0.05) is 31.4 Å². The molecule has 0 spiro atoms. The lowest BCUT2D eigenvalue weighted by Crippen LogP contribution is -2.25. The fourth-order valence-corrected chi connectivity index (χ4v) is 4.93. The number of rotatable bonds is 10. The number of nitriles is 1. The van der Waals surface area contributed by atoms with Crippen molar-refractivity contribution >= 4 is 11.6 Å². The Morgan fingerprint density at radius 3 is 2.32 bits per heavy atom. The van der Waals surface area contributed by atoms with E-state index in [-0.39, 0.29) is 34.1 Å². The number of methoxy groups -OCH3 is 1. The van der Waals surface area contributed by atoms with E-state index < -0.39 is 46.6 Å². The number of anilines is 1. The number of benzene rings is 2. The number of halogens is 4. The average molecular weight is 612 g/mol. The quantitative estimate of drug-likeness (QED) is 0.243. The Hall–Kier alpha value is -5.16. The van der Waals surface area contributed by atoms with Gasteiger partial charge in [0.2, 0.25) is 0 Å². The summed E-state index contributed by atoms with van der Waals surface area (Å²) in [5.74, 6) is -3.58. The summed E-state index contributed by atoms with van der Waals surface area (Å²) in [5, 5.41) is 12.3. The van der Waals surface area contributed by atoms with E-state index in [2.05, 4.69) is 15.0 Å². The molecule has 0 saturated heterocycles. The van der Waals surface area contributed by atoms with Crippen molar-refractivity contribution in [2.45, 2.75) is 32.0 Å². The van der Waals surface area contributed by atoms with Crippen molar-refractivity contribution in [2.75, 3.05) is 19.0 Å². The van der Waals surface area contributed by atoms with Crippen LogP contribution >= 0.6 is 0 Å². The highest BCUT2D eigenvalue weighted by Crippen LogP contribution is 2.48. The van der Waals surface area contributed by atoms with Crippen molar-refractivity contribution < 1.29 is 36.6 Å². The highest BCUT2D eigenvalue weighted by atomic mass is 19.3. The van der Waals surface area contributed by atoms with Gasteiger partial charge < -0.3 is 19.5 Å². The van der Waals surface area contributed by atoms with Crippen LogP contribution in [-0.2, 0) is 17.4 Å². The summed E-state index contributed by atoms with van der Waals surface area (Å²) < 4.78 is 73.1. The zero-order chi connectivity index (χ0) is 31.8. The van der Waals surface area contributed by atoms with Crippen LogP contribution in [0.15, 0.2) is 53.3 Å². The zero-order valence-electron chi connectivity index (χ0n) is 23.7.